The predicted octanol–water partition coefficient (Wildman–Crippen LogP) is 5.16. The van der Waals surface area contributed by atoms with Gasteiger partial charge in [0.25, 0.3) is 0 Å². The molecule has 2 aromatic carbocycles. The third-order valence-corrected chi connectivity index (χ3v) is 5.92. The van der Waals surface area contributed by atoms with Crippen LogP contribution < -0.4 is 4.74 Å². The van der Waals surface area contributed by atoms with Gasteiger partial charge in [-0.05, 0) is 120 Å². The SMILES string of the molecule is N#CC(O)c1cc(I)c(Oc2cc(I)c(O)c(I)c2)c(I)c1. The number of hydrogen-bond donors (Lipinski definition) is 2. The van der Waals surface area contributed by atoms with Crippen molar-refractivity contribution in [3.63, 3.8) is 0 Å². The van der Waals surface area contributed by atoms with E-state index in [2.05, 4.69) is 45.2 Å². The molecule has 0 amide bonds. The molecule has 2 rings (SSSR count). The lowest BCUT2D eigenvalue weighted by Gasteiger charge is -2.13. The maximum absolute atomic E-state index is 9.80. The highest BCUT2D eigenvalue weighted by molar-refractivity contribution is 14.1. The van der Waals surface area contributed by atoms with Gasteiger partial charge >= 0.3 is 0 Å². The molecule has 0 aliphatic heterocycles. The largest absolute Gasteiger partial charge is 0.506 e. The predicted molar refractivity (Wildman–Crippen MR) is 116 cm³/mol. The van der Waals surface area contributed by atoms with Gasteiger partial charge in [-0.1, -0.05) is 0 Å². The smallest absolute Gasteiger partial charge is 0.165 e. The molecule has 0 aliphatic carbocycles. The molecule has 1 atom stereocenters. The van der Waals surface area contributed by atoms with Crippen LogP contribution in [0.25, 0.3) is 0 Å². The molecule has 0 bridgehead atoms. The van der Waals surface area contributed by atoms with Crippen molar-refractivity contribution in [2.75, 3.05) is 0 Å². The minimum Gasteiger partial charge on any atom is -0.506 e. The Kier molecular flexibility index (Phi) is 6.81. The van der Waals surface area contributed by atoms with Crippen molar-refractivity contribution in [1.82, 2.24) is 0 Å². The maximum Gasteiger partial charge on any atom is 0.165 e. The summed E-state index contributed by atoms with van der Waals surface area (Å²) in [5, 5.41) is 28.2. The Bertz CT molecular complexity index is 727. The second kappa shape index (κ2) is 7.99. The number of aromatic hydroxyl groups is 1. The van der Waals surface area contributed by atoms with Crippen LogP contribution in [-0.2, 0) is 0 Å². The first-order chi connectivity index (χ1) is 10.3. The Morgan fingerprint density at radius 1 is 0.955 bits per heavy atom. The molecule has 0 saturated carbocycles. The van der Waals surface area contributed by atoms with Gasteiger partial charge < -0.3 is 14.9 Å². The molecule has 0 spiro atoms. The molecule has 22 heavy (non-hydrogen) atoms. The van der Waals surface area contributed by atoms with E-state index in [0.29, 0.717) is 24.2 Å². The number of phenols is 1. The summed E-state index contributed by atoms with van der Waals surface area (Å²) in [6, 6.07) is 8.76. The van der Waals surface area contributed by atoms with Crippen LogP contribution in [0.4, 0.5) is 0 Å². The Morgan fingerprint density at radius 3 is 1.91 bits per heavy atom. The van der Waals surface area contributed by atoms with Gasteiger partial charge in [0.05, 0.1) is 20.3 Å². The average molecular weight is 745 g/mol. The van der Waals surface area contributed by atoms with Crippen LogP contribution in [0.3, 0.4) is 0 Å². The molecule has 0 radical (unpaired) electrons. The summed E-state index contributed by atoms with van der Waals surface area (Å²) in [5.41, 5.74) is 0.540. The number of nitrogens with zero attached hydrogens (tertiary/aromatic N) is 1. The zero-order valence-electron chi connectivity index (χ0n) is 10.6. The van der Waals surface area contributed by atoms with E-state index in [4.69, 9.17) is 10.00 Å². The molecule has 1 unspecified atom stereocenters. The number of rotatable bonds is 3. The van der Waals surface area contributed by atoms with Crippen LogP contribution in [-0.4, -0.2) is 10.2 Å². The van der Waals surface area contributed by atoms with Crippen molar-refractivity contribution in [2.24, 2.45) is 0 Å². The molecule has 2 aromatic rings. The van der Waals surface area contributed by atoms with E-state index in [1.165, 1.54) is 0 Å². The summed E-state index contributed by atoms with van der Waals surface area (Å²) < 4.78 is 8.94. The third-order valence-electron chi connectivity index (χ3n) is 2.67. The number of aliphatic hydroxyl groups excluding tert-OH is 1. The van der Waals surface area contributed by atoms with Crippen molar-refractivity contribution in [3.8, 4) is 23.3 Å². The van der Waals surface area contributed by atoms with Gasteiger partial charge in [0.15, 0.2) is 11.9 Å². The molecule has 0 aliphatic rings. The zero-order chi connectivity index (χ0) is 16.4. The van der Waals surface area contributed by atoms with Gasteiger partial charge in [-0.15, -0.1) is 0 Å². The number of phenolic OH excluding ortho intramolecular Hbond substituents is 1. The minimum atomic E-state index is -1.15. The fraction of sp³-hybridized carbons (Fsp3) is 0.0714. The van der Waals surface area contributed by atoms with Crippen LogP contribution in [0, 0.1) is 25.6 Å². The van der Waals surface area contributed by atoms with E-state index in [0.717, 1.165) is 7.14 Å². The first-order valence-corrected chi connectivity index (χ1v) is 10.1. The fourth-order valence-corrected chi connectivity index (χ4v) is 5.38. The molecule has 0 fully saturated rings. The molecule has 4 nitrogen and oxygen atoms in total. The molecule has 0 aromatic heterocycles. The van der Waals surface area contributed by atoms with E-state index >= 15 is 0 Å². The van der Waals surface area contributed by atoms with Gasteiger partial charge in [-0.2, -0.15) is 5.26 Å². The van der Waals surface area contributed by atoms with E-state index < -0.39 is 6.10 Å². The van der Waals surface area contributed by atoms with Crippen LogP contribution in [0.2, 0.25) is 0 Å². The van der Waals surface area contributed by atoms with Crippen LogP contribution in [0.15, 0.2) is 24.3 Å². The monoisotopic (exact) mass is 745 g/mol. The highest BCUT2D eigenvalue weighted by Crippen LogP contribution is 2.37. The number of hydrogen-bond acceptors (Lipinski definition) is 4. The standard InChI is InChI=1S/C14H7I4NO3/c15-8-3-7(4-9(16)13(8)21)22-14-10(17)1-6(2-11(14)18)12(20)5-19/h1-4,12,20-21H. The average Bonchev–Trinajstić information content (AvgIpc) is 2.47. The van der Waals surface area contributed by atoms with Crippen molar-refractivity contribution in [3.05, 3.63) is 44.1 Å². The summed E-state index contributed by atoms with van der Waals surface area (Å²) in [4.78, 5) is 0. The lowest BCUT2D eigenvalue weighted by molar-refractivity contribution is 0.235. The molecule has 0 saturated heterocycles. The van der Waals surface area contributed by atoms with E-state index in [9.17, 15) is 10.2 Å². The Morgan fingerprint density at radius 2 is 1.45 bits per heavy atom. The quantitative estimate of drug-likeness (QED) is 0.337. The summed E-state index contributed by atoms with van der Waals surface area (Å²) in [6.45, 7) is 0. The second-order valence-corrected chi connectivity index (χ2v) is 8.83. The van der Waals surface area contributed by atoms with E-state index in [-0.39, 0.29) is 5.75 Å². The molecular formula is C14H7I4NO3. The van der Waals surface area contributed by atoms with E-state index in [1.54, 1.807) is 30.3 Å². The molecule has 2 N–H and O–H groups in total. The lowest BCUT2D eigenvalue weighted by Crippen LogP contribution is -1.98. The van der Waals surface area contributed by atoms with Crippen LogP contribution in [0.5, 0.6) is 17.2 Å². The first-order valence-electron chi connectivity index (χ1n) is 5.76. The number of nitriles is 1. The first kappa shape index (κ1) is 18.7. The number of aliphatic hydroxyl groups is 1. The lowest BCUT2D eigenvalue weighted by atomic mass is 10.1. The van der Waals surface area contributed by atoms with Crippen molar-refractivity contribution in [2.45, 2.75) is 6.10 Å². The Labute approximate surface area is 181 Å². The van der Waals surface area contributed by atoms with Gasteiger partial charge in [-0.3, -0.25) is 0 Å². The van der Waals surface area contributed by atoms with Gasteiger partial charge in [0, 0.05) is 0 Å². The Balaban J connectivity index is 2.41. The topological polar surface area (TPSA) is 73.5 Å². The van der Waals surface area contributed by atoms with Crippen molar-refractivity contribution < 1.29 is 14.9 Å². The summed E-state index contributed by atoms with van der Waals surface area (Å²) in [5.74, 6) is 1.52. The number of halogens is 4. The highest BCUT2D eigenvalue weighted by atomic mass is 127. The van der Waals surface area contributed by atoms with E-state index in [1.807, 2.05) is 45.2 Å². The molecule has 8 heteroatoms. The van der Waals surface area contributed by atoms with Crippen molar-refractivity contribution in [1.29, 1.82) is 5.26 Å². The minimum absolute atomic E-state index is 0.241. The summed E-state index contributed by atoms with van der Waals surface area (Å²) in [6.07, 6.45) is -1.15. The van der Waals surface area contributed by atoms with Gasteiger partial charge in [0.1, 0.15) is 11.5 Å². The van der Waals surface area contributed by atoms with Crippen LogP contribution in [0.1, 0.15) is 11.7 Å². The number of benzene rings is 2. The normalized spacial score (nSPS) is 11.8. The van der Waals surface area contributed by atoms with Gasteiger partial charge in [-0.25, -0.2) is 0 Å². The molecule has 114 valence electrons. The fourth-order valence-electron chi connectivity index (χ4n) is 1.63. The zero-order valence-corrected chi connectivity index (χ0v) is 19.3. The second-order valence-electron chi connectivity index (χ2n) is 4.18. The summed E-state index contributed by atoms with van der Waals surface area (Å²) >= 11 is 8.31. The highest BCUT2D eigenvalue weighted by Gasteiger charge is 2.15. The number of ether oxygens (including phenoxy) is 1. The van der Waals surface area contributed by atoms with Crippen LogP contribution >= 0.6 is 90.4 Å². The summed E-state index contributed by atoms with van der Waals surface area (Å²) in [7, 11) is 0. The third kappa shape index (κ3) is 4.28. The van der Waals surface area contributed by atoms with Gasteiger partial charge in [0.2, 0.25) is 0 Å². The molecular weight excluding hydrogens is 738 g/mol. The van der Waals surface area contributed by atoms with Crippen molar-refractivity contribution >= 4 is 90.4 Å². The maximum atomic E-state index is 9.80. The Hall–Kier alpha value is 0.410. The molecule has 0 heterocycles.